The number of hydrogen-bond acceptors (Lipinski definition) is 4. The Kier molecular flexibility index (Phi) is 5.83. The van der Waals surface area contributed by atoms with E-state index in [9.17, 15) is 4.39 Å². The van der Waals surface area contributed by atoms with E-state index in [1.165, 1.54) is 19.2 Å². The van der Waals surface area contributed by atoms with Crippen molar-refractivity contribution in [2.45, 2.75) is 24.9 Å². The number of nitrogens with zero attached hydrogens (tertiary/aromatic N) is 1. The maximum absolute atomic E-state index is 13.6. The quantitative estimate of drug-likeness (QED) is 0.798. The minimum Gasteiger partial charge on any atom is -0.356 e. The molecule has 4 nitrogen and oxygen atoms in total. The summed E-state index contributed by atoms with van der Waals surface area (Å²) in [7, 11) is 3.06. The smallest absolute Gasteiger partial charge is 0.197 e. The molecule has 1 aliphatic rings. The SMILES string of the molecule is C=C.COC1CCC(OC)(c2ccc(C#N)c(F)c2)O1. The highest BCUT2D eigenvalue weighted by Gasteiger charge is 2.42. The third-order valence-electron chi connectivity index (χ3n) is 3.15. The fourth-order valence-electron chi connectivity index (χ4n) is 2.13. The minimum atomic E-state index is -0.991. The van der Waals surface area contributed by atoms with Gasteiger partial charge in [0.2, 0.25) is 0 Å². The first-order valence-corrected chi connectivity index (χ1v) is 6.11. The molecule has 1 aromatic rings. The normalized spacial score (nSPS) is 24.6. The molecule has 108 valence electrons. The predicted molar refractivity (Wildman–Crippen MR) is 72.2 cm³/mol. The second-order valence-corrected chi connectivity index (χ2v) is 4.09. The summed E-state index contributed by atoms with van der Waals surface area (Å²) >= 11 is 0. The lowest BCUT2D eigenvalue weighted by Crippen LogP contribution is -2.29. The summed E-state index contributed by atoms with van der Waals surface area (Å²) in [5.74, 6) is -1.56. The van der Waals surface area contributed by atoms with Crippen LogP contribution in [0.25, 0.3) is 0 Å². The van der Waals surface area contributed by atoms with Crippen molar-refractivity contribution in [1.82, 2.24) is 0 Å². The average molecular weight is 279 g/mol. The van der Waals surface area contributed by atoms with Crippen molar-refractivity contribution in [2.24, 2.45) is 0 Å². The molecule has 2 rings (SSSR count). The molecular weight excluding hydrogens is 261 g/mol. The Bertz CT molecular complexity index is 500. The van der Waals surface area contributed by atoms with Crippen LogP contribution < -0.4 is 0 Å². The summed E-state index contributed by atoms with van der Waals surface area (Å²) in [5.41, 5.74) is 0.562. The number of nitriles is 1. The van der Waals surface area contributed by atoms with Gasteiger partial charge in [-0.1, -0.05) is 6.07 Å². The number of rotatable bonds is 3. The Hall–Kier alpha value is -1.74. The molecule has 0 radical (unpaired) electrons. The minimum absolute atomic E-state index is 0.00583. The molecule has 5 heteroatoms. The van der Waals surface area contributed by atoms with E-state index in [4.69, 9.17) is 19.5 Å². The molecule has 0 spiro atoms. The first-order chi connectivity index (χ1) is 9.65. The van der Waals surface area contributed by atoms with Gasteiger partial charge < -0.3 is 14.2 Å². The zero-order valence-corrected chi connectivity index (χ0v) is 11.7. The van der Waals surface area contributed by atoms with E-state index in [1.807, 2.05) is 0 Å². The van der Waals surface area contributed by atoms with Crippen LogP contribution in [0, 0.1) is 17.1 Å². The Morgan fingerprint density at radius 3 is 2.60 bits per heavy atom. The Morgan fingerprint density at radius 2 is 2.15 bits per heavy atom. The van der Waals surface area contributed by atoms with E-state index < -0.39 is 11.6 Å². The third kappa shape index (κ3) is 3.05. The first-order valence-electron chi connectivity index (χ1n) is 6.11. The molecule has 0 N–H and O–H groups in total. The Labute approximate surface area is 118 Å². The van der Waals surface area contributed by atoms with Crippen LogP contribution in [0.4, 0.5) is 4.39 Å². The highest BCUT2D eigenvalue weighted by molar-refractivity contribution is 5.35. The predicted octanol–water partition coefficient (Wildman–Crippen LogP) is 3.08. The Morgan fingerprint density at radius 1 is 1.45 bits per heavy atom. The summed E-state index contributed by atoms with van der Waals surface area (Å²) in [6, 6.07) is 6.13. The van der Waals surface area contributed by atoms with Gasteiger partial charge in [0.25, 0.3) is 0 Å². The molecule has 2 atom stereocenters. The molecule has 0 bridgehead atoms. The number of halogens is 1. The van der Waals surface area contributed by atoms with Gasteiger partial charge in [0.05, 0.1) is 5.56 Å². The van der Waals surface area contributed by atoms with Gasteiger partial charge in [-0.2, -0.15) is 5.26 Å². The van der Waals surface area contributed by atoms with Crippen LogP contribution in [0.3, 0.4) is 0 Å². The van der Waals surface area contributed by atoms with Gasteiger partial charge in [-0.25, -0.2) is 4.39 Å². The van der Waals surface area contributed by atoms with Crippen LogP contribution >= 0.6 is 0 Å². The van der Waals surface area contributed by atoms with E-state index in [2.05, 4.69) is 13.2 Å². The van der Waals surface area contributed by atoms with Gasteiger partial charge in [0.15, 0.2) is 12.1 Å². The molecule has 0 aliphatic carbocycles. The molecule has 1 heterocycles. The molecule has 1 aliphatic heterocycles. The van der Waals surface area contributed by atoms with Crippen molar-refractivity contribution in [1.29, 1.82) is 5.26 Å². The third-order valence-corrected chi connectivity index (χ3v) is 3.15. The molecule has 2 unspecified atom stereocenters. The fraction of sp³-hybridized carbons (Fsp3) is 0.400. The van der Waals surface area contributed by atoms with Crippen LogP contribution in [0.1, 0.15) is 24.0 Å². The monoisotopic (exact) mass is 279 g/mol. The van der Waals surface area contributed by atoms with Crippen LogP contribution in [-0.2, 0) is 20.0 Å². The van der Waals surface area contributed by atoms with Gasteiger partial charge >= 0.3 is 0 Å². The zero-order chi connectivity index (χ0) is 15.2. The molecule has 1 saturated heterocycles. The summed E-state index contributed by atoms with van der Waals surface area (Å²) < 4.78 is 29.8. The van der Waals surface area contributed by atoms with Gasteiger partial charge in [0.1, 0.15) is 11.9 Å². The topological polar surface area (TPSA) is 51.5 Å². The van der Waals surface area contributed by atoms with E-state index in [1.54, 1.807) is 19.2 Å². The zero-order valence-electron chi connectivity index (χ0n) is 11.7. The fourth-order valence-corrected chi connectivity index (χ4v) is 2.13. The van der Waals surface area contributed by atoms with Crippen LogP contribution in [0.15, 0.2) is 31.4 Å². The van der Waals surface area contributed by atoms with Gasteiger partial charge in [-0.15, -0.1) is 13.2 Å². The number of benzene rings is 1. The molecule has 0 amide bonds. The van der Waals surface area contributed by atoms with E-state index in [0.29, 0.717) is 18.4 Å². The molecule has 0 saturated carbocycles. The van der Waals surface area contributed by atoms with Crippen LogP contribution in [0.2, 0.25) is 0 Å². The van der Waals surface area contributed by atoms with E-state index in [0.717, 1.165) is 0 Å². The standard InChI is InChI=1S/C13H14FNO3.C2H4/c1-16-12-5-6-13(17-2,18-12)10-4-3-9(8-15)11(14)7-10;1-2/h3-4,7,12H,5-6H2,1-2H3;1-2H2. The maximum atomic E-state index is 13.6. The van der Waals surface area contributed by atoms with Crippen LogP contribution in [-0.4, -0.2) is 20.5 Å². The van der Waals surface area contributed by atoms with Crippen molar-refractivity contribution in [2.75, 3.05) is 14.2 Å². The van der Waals surface area contributed by atoms with Crippen molar-refractivity contribution in [3.8, 4) is 6.07 Å². The van der Waals surface area contributed by atoms with E-state index in [-0.39, 0.29) is 11.9 Å². The van der Waals surface area contributed by atoms with Crippen LogP contribution in [0.5, 0.6) is 0 Å². The second-order valence-electron chi connectivity index (χ2n) is 4.09. The number of methoxy groups -OCH3 is 2. The molecular formula is C15H18FNO3. The van der Waals surface area contributed by atoms with Crippen molar-refractivity contribution < 1.29 is 18.6 Å². The Balaban J connectivity index is 0.000000956. The van der Waals surface area contributed by atoms with Crippen molar-refractivity contribution in [3.63, 3.8) is 0 Å². The molecule has 0 aromatic heterocycles. The van der Waals surface area contributed by atoms with Gasteiger partial charge in [-0.3, -0.25) is 0 Å². The van der Waals surface area contributed by atoms with Gasteiger partial charge in [-0.05, 0) is 12.1 Å². The number of hydrogen-bond donors (Lipinski definition) is 0. The van der Waals surface area contributed by atoms with Gasteiger partial charge in [0, 0.05) is 32.6 Å². The van der Waals surface area contributed by atoms with Crippen molar-refractivity contribution in [3.05, 3.63) is 48.3 Å². The average Bonchev–Trinajstić information content (AvgIpc) is 2.94. The number of ether oxygens (including phenoxy) is 3. The summed E-state index contributed by atoms with van der Waals surface area (Å²) in [5, 5.41) is 8.70. The summed E-state index contributed by atoms with van der Waals surface area (Å²) in [4.78, 5) is 0. The first kappa shape index (κ1) is 16.3. The molecule has 1 fully saturated rings. The summed E-state index contributed by atoms with van der Waals surface area (Å²) in [6.45, 7) is 6.00. The highest BCUT2D eigenvalue weighted by Crippen LogP contribution is 2.40. The summed E-state index contributed by atoms with van der Waals surface area (Å²) in [6.07, 6.45) is 0.892. The second kappa shape index (κ2) is 7.15. The lowest BCUT2D eigenvalue weighted by Gasteiger charge is -2.28. The largest absolute Gasteiger partial charge is 0.356 e. The van der Waals surface area contributed by atoms with E-state index >= 15 is 0 Å². The highest BCUT2D eigenvalue weighted by atomic mass is 19.1. The maximum Gasteiger partial charge on any atom is 0.197 e. The van der Waals surface area contributed by atoms with Crippen molar-refractivity contribution >= 4 is 0 Å². The molecule has 20 heavy (non-hydrogen) atoms. The lowest BCUT2D eigenvalue weighted by molar-refractivity contribution is -0.264. The molecule has 1 aromatic carbocycles. The lowest BCUT2D eigenvalue weighted by atomic mass is 10.0.